The predicted molar refractivity (Wildman–Crippen MR) is 142 cm³/mol. The Morgan fingerprint density at radius 3 is 2.74 bits per heavy atom. The molecule has 5 rings (SSSR count). The first-order valence-electron chi connectivity index (χ1n) is 12.2. The van der Waals surface area contributed by atoms with Gasteiger partial charge >= 0.3 is 6.18 Å². The molecule has 0 radical (unpaired) electrons. The van der Waals surface area contributed by atoms with Crippen molar-refractivity contribution in [2.24, 2.45) is 0 Å². The number of nitrogens with one attached hydrogen (secondary N) is 1. The molecule has 2 aliphatic heterocycles. The van der Waals surface area contributed by atoms with E-state index >= 15 is 0 Å². The monoisotopic (exact) mass is 563 g/mol. The normalized spacial score (nSPS) is 18.6. The third kappa shape index (κ3) is 5.90. The van der Waals surface area contributed by atoms with Crippen LogP contribution in [0, 0.1) is 0 Å². The van der Waals surface area contributed by atoms with Crippen LogP contribution >= 0.6 is 23.4 Å². The van der Waals surface area contributed by atoms with E-state index in [1.807, 2.05) is 0 Å². The molecule has 0 bridgehead atoms. The summed E-state index contributed by atoms with van der Waals surface area (Å²) in [7, 11) is 0. The van der Waals surface area contributed by atoms with Gasteiger partial charge in [-0.2, -0.15) is 18.3 Å². The highest BCUT2D eigenvalue weighted by Crippen LogP contribution is 2.35. The summed E-state index contributed by atoms with van der Waals surface area (Å²) < 4.78 is 42.0. The van der Waals surface area contributed by atoms with E-state index in [1.165, 1.54) is 21.7 Å². The minimum absolute atomic E-state index is 0.0136. The van der Waals surface area contributed by atoms with E-state index in [9.17, 15) is 22.8 Å². The Morgan fingerprint density at radius 2 is 1.92 bits per heavy atom. The fourth-order valence-corrected chi connectivity index (χ4v) is 5.68. The number of carbonyl (C=O) groups is 2. The molecule has 3 heterocycles. The van der Waals surface area contributed by atoms with Gasteiger partial charge in [0, 0.05) is 36.6 Å². The van der Waals surface area contributed by atoms with E-state index in [0.29, 0.717) is 34.5 Å². The van der Waals surface area contributed by atoms with Crippen LogP contribution in [0.1, 0.15) is 23.1 Å². The second-order valence-electron chi connectivity index (χ2n) is 9.20. The summed E-state index contributed by atoms with van der Waals surface area (Å²) in [6.07, 6.45) is -0.274. The molecule has 3 aromatic rings. The zero-order valence-electron chi connectivity index (χ0n) is 20.3. The molecule has 12 heteroatoms. The molecule has 7 nitrogen and oxygen atoms in total. The lowest BCUT2D eigenvalue weighted by atomic mass is 10.1. The number of imide groups is 1. The van der Waals surface area contributed by atoms with Crippen LogP contribution in [0.15, 0.2) is 47.5 Å². The summed E-state index contributed by atoms with van der Waals surface area (Å²) >= 11 is 6.71. The molecule has 2 aliphatic rings. The molecule has 0 unspecified atom stereocenters. The fourth-order valence-electron chi connectivity index (χ4n) is 4.64. The molecule has 1 N–H and O–H groups in total. The van der Waals surface area contributed by atoms with E-state index in [-0.39, 0.29) is 28.3 Å². The number of rotatable bonds is 6. The molecule has 0 aliphatic carbocycles. The number of hydrogen-bond donors (Lipinski definition) is 1. The lowest BCUT2D eigenvalue weighted by Crippen LogP contribution is -2.38. The van der Waals surface area contributed by atoms with Crippen molar-refractivity contribution >= 4 is 51.5 Å². The van der Waals surface area contributed by atoms with Crippen LogP contribution < -0.4 is 5.32 Å². The summed E-state index contributed by atoms with van der Waals surface area (Å²) in [5.41, 5.74) is 0.600. The molecule has 0 atom stereocenters. The molecular weight excluding hydrogens is 539 g/mol. The van der Waals surface area contributed by atoms with Crippen molar-refractivity contribution in [1.82, 2.24) is 24.9 Å². The van der Waals surface area contributed by atoms with Gasteiger partial charge in [-0.05, 0) is 72.7 Å². The van der Waals surface area contributed by atoms with Gasteiger partial charge in [0.1, 0.15) is 0 Å². The quantitative estimate of drug-likeness (QED) is 0.421. The van der Waals surface area contributed by atoms with Crippen molar-refractivity contribution in [2.75, 3.05) is 39.3 Å². The molecule has 2 aromatic carbocycles. The van der Waals surface area contributed by atoms with Crippen LogP contribution in [-0.4, -0.2) is 70.0 Å². The van der Waals surface area contributed by atoms with E-state index in [2.05, 4.69) is 15.3 Å². The number of nitrogens with zero attached hydrogens (tertiary/aromatic N) is 4. The van der Waals surface area contributed by atoms with Gasteiger partial charge in [-0.1, -0.05) is 23.7 Å². The van der Waals surface area contributed by atoms with E-state index in [0.717, 1.165) is 50.4 Å². The Morgan fingerprint density at radius 1 is 1.08 bits per heavy atom. The molecule has 0 saturated carbocycles. The minimum Gasteiger partial charge on any atom is -0.315 e. The van der Waals surface area contributed by atoms with E-state index in [4.69, 9.17) is 11.6 Å². The Bertz CT molecular complexity index is 1400. The Labute approximate surface area is 226 Å². The molecule has 2 fully saturated rings. The maximum Gasteiger partial charge on any atom is 0.416 e. The molecule has 1 aromatic heterocycles. The van der Waals surface area contributed by atoms with Gasteiger partial charge in [-0.3, -0.25) is 19.2 Å². The lowest BCUT2D eigenvalue weighted by Gasteiger charge is -2.22. The summed E-state index contributed by atoms with van der Waals surface area (Å²) in [5.74, 6) is -0.314. The molecule has 0 spiro atoms. The van der Waals surface area contributed by atoms with Gasteiger partial charge in [0.05, 0.1) is 28.7 Å². The largest absolute Gasteiger partial charge is 0.416 e. The molecule has 2 saturated heterocycles. The highest BCUT2D eigenvalue weighted by molar-refractivity contribution is 8.18. The van der Waals surface area contributed by atoms with Crippen LogP contribution in [0.2, 0.25) is 5.02 Å². The first kappa shape index (κ1) is 26.7. The van der Waals surface area contributed by atoms with Crippen molar-refractivity contribution < 1.29 is 22.8 Å². The number of carbonyl (C=O) groups excluding carboxylic acids is 2. The van der Waals surface area contributed by atoms with Crippen molar-refractivity contribution in [1.29, 1.82) is 0 Å². The first-order chi connectivity index (χ1) is 18.2. The van der Waals surface area contributed by atoms with Crippen molar-refractivity contribution in [3.63, 3.8) is 0 Å². The van der Waals surface area contributed by atoms with Crippen LogP contribution in [-0.2, 0) is 17.5 Å². The van der Waals surface area contributed by atoms with Crippen LogP contribution in [0.4, 0.5) is 18.0 Å². The highest BCUT2D eigenvalue weighted by Gasteiger charge is 2.35. The number of alkyl halides is 3. The van der Waals surface area contributed by atoms with Crippen molar-refractivity contribution in [2.45, 2.75) is 19.1 Å². The number of hydrogen-bond acceptors (Lipinski definition) is 6. The number of halogens is 4. The summed E-state index contributed by atoms with van der Waals surface area (Å²) in [5, 5.41) is 8.04. The number of thioether (sulfide) groups is 1. The first-order valence-corrected chi connectivity index (χ1v) is 13.4. The maximum absolute atomic E-state index is 13.5. The Hall–Kier alpha value is -2.86. The average molecular weight is 564 g/mol. The van der Waals surface area contributed by atoms with E-state index < -0.39 is 11.7 Å². The Kier molecular flexibility index (Phi) is 7.80. The standard InChI is InChI=1S/C26H25ClF3N5O2S/c27-20-4-3-18(21(14-20)26(28,29)30)16-35-22-5-2-17(12-19(22)15-32-35)13-23-24(36)34(25(37)38-23)11-10-33-8-1-6-31-7-9-33/h2-5,12-15,31H,1,6-11,16H2/b23-13-. The van der Waals surface area contributed by atoms with Crippen LogP contribution in [0.25, 0.3) is 17.0 Å². The maximum atomic E-state index is 13.5. The number of fused-ring (bicyclic) bond motifs is 1. The third-order valence-electron chi connectivity index (χ3n) is 6.61. The van der Waals surface area contributed by atoms with Crippen molar-refractivity contribution in [3.8, 4) is 0 Å². The molecular formula is C26H25ClF3N5O2S. The summed E-state index contributed by atoms with van der Waals surface area (Å²) in [4.78, 5) is 29.3. The number of benzene rings is 2. The highest BCUT2D eigenvalue weighted by atomic mass is 35.5. The van der Waals surface area contributed by atoms with Crippen LogP contribution in [0.3, 0.4) is 0 Å². The van der Waals surface area contributed by atoms with Gasteiger partial charge in [0.2, 0.25) is 0 Å². The van der Waals surface area contributed by atoms with Crippen LogP contribution in [0.5, 0.6) is 0 Å². The van der Waals surface area contributed by atoms with Gasteiger partial charge in [-0.25, -0.2) is 0 Å². The van der Waals surface area contributed by atoms with Crippen molar-refractivity contribution in [3.05, 3.63) is 69.2 Å². The fraction of sp³-hybridized carbons (Fsp3) is 0.346. The van der Waals surface area contributed by atoms with E-state index in [1.54, 1.807) is 30.5 Å². The molecule has 2 amide bonds. The van der Waals surface area contributed by atoms with Gasteiger partial charge in [0.25, 0.3) is 11.1 Å². The van der Waals surface area contributed by atoms with Gasteiger partial charge in [0.15, 0.2) is 0 Å². The smallest absolute Gasteiger partial charge is 0.315 e. The molecule has 38 heavy (non-hydrogen) atoms. The molecule has 200 valence electrons. The average Bonchev–Trinajstić information content (AvgIpc) is 3.24. The number of amides is 2. The predicted octanol–water partition coefficient (Wildman–Crippen LogP) is 5.09. The second-order valence-corrected chi connectivity index (χ2v) is 10.6. The van der Waals surface area contributed by atoms with Gasteiger partial charge in [-0.15, -0.1) is 0 Å². The summed E-state index contributed by atoms with van der Waals surface area (Å²) in [6, 6.07) is 8.99. The third-order valence-corrected chi connectivity index (χ3v) is 7.75. The lowest BCUT2D eigenvalue weighted by molar-refractivity contribution is -0.138. The Balaban J connectivity index is 1.31. The topological polar surface area (TPSA) is 70.5 Å². The zero-order chi connectivity index (χ0) is 26.9. The second kappa shape index (κ2) is 11.1. The SMILES string of the molecule is O=C1S/C(=C\c2ccc3c(cnn3Cc3ccc(Cl)cc3C(F)(F)F)c2)C(=O)N1CCN1CCCNCC1. The number of aromatic nitrogens is 2. The summed E-state index contributed by atoms with van der Waals surface area (Å²) in [6.45, 7) is 4.59. The van der Waals surface area contributed by atoms with Gasteiger partial charge < -0.3 is 10.2 Å². The minimum atomic E-state index is -4.54. The zero-order valence-corrected chi connectivity index (χ0v) is 21.9.